The Morgan fingerprint density at radius 2 is 2.03 bits per heavy atom. The number of aliphatic hydroxyl groups is 1. The quantitative estimate of drug-likeness (QED) is 0.254. The van der Waals surface area contributed by atoms with E-state index >= 15 is 0 Å². The lowest BCUT2D eigenvalue weighted by atomic mass is 10.0. The highest BCUT2D eigenvalue weighted by Gasteiger charge is 2.29. The van der Waals surface area contributed by atoms with Crippen LogP contribution in [0, 0.1) is 5.92 Å². The van der Waals surface area contributed by atoms with Crippen molar-refractivity contribution in [1.82, 2.24) is 20.9 Å². The largest absolute Gasteiger partial charge is 0.366 e. The molecule has 3 amide bonds. The lowest BCUT2D eigenvalue weighted by molar-refractivity contribution is -0.157. The second kappa shape index (κ2) is 13.1. The molecule has 0 saturated carbocycles. The van der Waals surface area contributed by atoms with Crippen LogP contribution in [0.2, 0.25) is 0 Å². The van der Waals surface area contributed by atoms with Gasteiger partial charge in [-0.05, 0) is 37.1 Å². The minimum absolute atomic E-state index is 0.0238. The molecule has 2 heterocycles. The van der Waals surface area contributed by atoms with Gasteiger partial charge in [0.05, 0.1) is 30.8 Å². The highest BCUT2D eigenvalue weighted by molar-refractivity contribution is 7.80. The molecule has 2 bridgehead atoms. The molecule has 0 radical (unpaired) electrons. The van der Waals surface area contributed by atoms with Gasteiger partial charge < -0.3 is 25.8 Å². The highest BCUT2D eigenvalue weighted by atomic mass is 32.1. The molecule has 0 aromatic carbocycles. The number of allylic oxidation sites excluding steroid dienone is 2. The average molecular weight is 477 g/mol. The number of nitrogens with zero attached hydrogens (tertiary/aromatic N) is 1. The first-order chi connectivity index (χ1) is 15.7. The van der Waals surface area contributed by atoms with E-state index < -0.39 is 30.3 Å². The molecule has 1 aliphatic rings. The highest BCUT2D eigenvalue weighted by Crippen LogP contribution is 2.14. The van der Waals surface area contributed by atoms with Crippen molar-refractivity contribution in [1.29, 1.82) is 0 Å². The fourth-order valence-corrected chi connectivity index (χ4v) is 3.29. The zero-order valence-corrected chi connectivity index (χ0v) is 20.0. The monoisotopic (exact) mass is 476 g/mol. The molecule has 1 aromatic heterocycles. The van der Waals surface area contributed by atoms with Crippen molar-refractivity contribution in [3.05, 3.63) is 53.5 Å². The average Bonchev–Trinajstić information content (AvgIpc) is 2.78. The molecule has 10 heteroatoms. The van der Waals surface area contributed by atoms with Crippen LogP contribution in [0.1, 0.15) is 49.8 Å². The van der Waals surface area contributed by atoms with Crippen molar-refractivity contribution < 1.29 is 24.2 Å². The number of nitrogens with one attached hydrogen (secondary N) is 3. The molecule has 3 atom stereocenters. The number of hydrogen-bond acceptors (Lipinski definition) is 7. The van der Waals surface area contributed by atoms with Gasteiger partial charge >= 0.3 is 0 Å². The van der Waals surface area contributed by atoms with Crippen molar-refractivity contribution in [3.8, 4) is 0 Å². The predicted octanol–water partition coefficient (Wildman–Crippen LogP) is 1.46. The van der Waals surface area contributed by atoms with Crippen LogP contribution in [0.5, 0.6) is 0 Å². The molecule has 1 unspecified atom stereocenters. The lowest BCUT2D eigenvalue weighted by Crippen LogP contribution is -2.50. The van der Waals surface area contributed by atoms with Gasteiger partial charge in [-0.25, -0.2) is 4.98 Å². The molecule has 0 aliphatic carbocycles. The third kappa shape index (κ3) is 8.30. The Morgan fingerprint density at radius 1 is 1.27 bits per heavy atom. The fourth-order valence-electron chi connectivity index (χ4n) is 3.14. The van der Waals surface area contributed by atoms with E-state index in [0.29, 0.717) is 17.9 Å². The van der Waals surface area contributed by atoms with Crippen molar-refractivity contribution in [3.63, 3.8) is 0 Å². The van der Waals surface area contributed by atoms with E-state index in [9.17, 15) is 19.5 Å². The third-order valence-electron chi connectivity index (χ3n) is 4.96. The Morgan fingerprint density at radius 3 is 2.70 bits per heavy atom. The Labute approximate surface area is 199 Å². The summed E-state index contributed by atoms with van der Waals surface area (Å²) in [4.78, 5) is 42.3. The van der Waals surface area contributed by atoms with Gasteiger partial charge in [-0.1, -0.05) is 38.1 Å². The minimum Gasteiger partial charge on any atom is -0.366 e. The van der Waals surface area contributed by atoms with Crippen LogP contribution in [0.15, 0.2) is 42.1 Å². The molecule has 180 valence electrons. The third-order valence-corrected chi connectivity index (χ3v) is 5.22. The molecule has 0 spiro atoms. The second-order valence-corrected chi connectivity index (χ2v) is 8.35. The summed E-state index contributed by atoms with van der Waals surface area (Å²) in [6, 6.07) is 4.06. The smallest absolute Gasteiger partial charge is 0.274 e. The summed E-state index contributed by atoms with van der Waals surface area (Å²) < 4.78 is 5.77. The fraction of sp³-hybridized carbons (Fsp3) is 0.478. The Kier molecular flexibility index (Phi) is 10.6. The zero-order valence-electron chi connectivity index (χ0n) is 19.1. The maximum atomic E-state index is 12.8. The molecule has 1 aliphatic heterocycles. The molecule has 4 N–H and O–H groups in total. The van der Waals surface area contributed by atoms with Gasteiger partial charge in [-0.3, -0.25) is 14.4 Å². The number of hydrogen-bond donors (Lipinski definition) is 5. The number of carbonyl (C=O) groups excluding carboxylic acids is 3. The van der Waals surface area contributed by atoms with Crippen molar-refractivity contribution >= 4 is 30.4 Å². The Hall–Kier alpha value is -2.69. The van der Waals surface area contributed by atoms with Crippen LogP contribution < -0.4 is 16.0 Å². The van der Waals surface area contributed by atoms with E-state index in [4.69, 9.17) is 4.74 Å². The standard InChI is InChI=1S/C23H32N4O5S/c1-4-17-21(29)27-20(14(2)3)23(31)32-16(9-5-6-11-33)12-19(28)24-13-15-8-7-10-18(25-15)22(30)26-17/h4-5,7-10,14,16,20,23,31,33H,6,11-13H2,1-3H3,(H,24,28)(H,26,30)(H,27,29)/b9-5+,17-4-/t16-,20+,23?/m1/s1. The van der Waals surface area contributed by atoms with Crippen LogP contribution in [-0.4, -0.2) is 52.0 Å². The van der Waals surface area contributed by atoms with Gasteiger partial charge in [0, 0.05) is 0 Å². The number of fused-ring (bicyclic) bond motifs is 2. The number of aromatic nitrogens is 1. The summed E-state index contributed by atoms with van der Waals surface area (Å²) in [5, 5.41) is 18.8. The summed E-state index contributed by atoms with van der Waals surface area (Å²) in [5.74, 6) is -1.03. The van der Waals surface area contributed by atoms with Crippen LogP contribution in [-0.2, 0) is 20.9 Å². The van der Waals surface area contributed by atoms with E-state index in [2.05, 4.69) is 33.6 Å². The van der Waals surface area contributed by atoms with E-state index in [-0.39, 0.29) is 36.2 Å². The molecule has 0 fully saturated rings. The van der Waals surface area contributed by atoms with E-state index in [1.165, 1.54) is 12.1 Å². The molecule has 9 nitrogen and oxygen atoms in total. The number of rotatable bonds is 4. The van der Waals surface area contributed by atoms with Gasteiger partial charge in [-0.2, -0.15) is 12.6 Å². The molecule has 2 rings (SSSR count). The first kappa shape index (κ1) is 26.6. The summed E-state index contributed by atoms with van der Waals surface area (Å²) in [6.45, 7) is 5.36. The Bertz CT molecular complexity index is 903. The number of ether oxygens (including phenoxy) is 1. The summed E-state index contributed by atoms with van der Waals surface area (Å²) >= 11 is 4.17. The first-order valence-corrected chi connectivity index (χ1v) is 11.5. The zero-order chi connectivity index (χ0) is 24.4. The number of aliphatic hydroxyl groups excluding tert-OH is 1. The van der Waals surface area contributed by atoms with Crippen LogP contribution in [0.3, 0.4) is 0 Å². The predicted molar refractivity (Wildman–Crippen MR) is 127 cm³/mol. The van der Waals surface area contributed by atoms with E-state index in [1.807, 2.05) is 19.9 Å². The van der Waals surface area contributed by atoms with Gasteiger partial charge in [-0.15, -0.1) is 0 Å². The number of amides is 3. The number of pyridine rings is 1. The van der Waals surface area contributed by atoms with Crippen molar-refractivity contribution in [2.75, 3.05) is 5.75 Å². The van der Waals surface area contributed by atoms with Crippen LogP contribution in [0.25, 0.3) is 0 Å². The normalized spacial score (nSPS) is 24.6. The molecule has 1 aromatic rings. The second-order valence-electron chi connectivity index (χ2n) is 7.90. The van der Waals surface area contributed by atoms with Gasteiger partial charge in [0.1, 0.15) is 11.4 Å². The number of thiol groups is 1. The van der Waals surface area contributed by atoms with Gasteiger partial charge in [0.25, 0.3) is 11.8 Å². The van der Waals surface area contributed by atoms with Crippen LogP contribution >= 0.6 is 12.6 Å². The number of carbonyl (C=O) groups is 3. The maximum Gasteiger partial charge on any atom is 0.274 e. The molecule has 0 saturated heterocycles. The SMILES string of the molecule is C/C=C1\NC(=O)c2cccc(n2)CNC(=O)C[C@@H](/C=C/CCS)OC(O)[C@H](C(C)C)NC1=O. The minimum atomic E-state index is -1.39. The summed E-state index contributed by atoms with van der Waals surface area (Å²) in [6.07, 6.45) is 3.53. The van der Waals surface area contributed by atoms with Crippen LogP contribution in [0.4, 0.5) is 0 Å². The lowest BCUT2D eigenvalue weighted by Gasteiger charge is -2.30. The molecule has 33 heavy (non-hydrogen) atoms. The maximum absolute atomic E-state index is 12.8. The first-order valence-electron chi connectivity index (χ1n) is 10.9. The summed E-state index contributed by atoms with van der Waals surface area (Å²) in [5.41, 5.74) is 0.616. The summed E-state index contributed by atoms with van der Waals surface area (Å²) in [7, 11) is 0. The Balaban J connectivity index is 2.38. The molecular formula is C23H32N4O5S. The van der Waals surface area contributed by atoms with Crippen molar-refractivity contribution in [2.45, 2.75) is 58.6 Å². The van der Waals surface area contributed by atoms with E-state index in [0.717, 1.165) is 0 Å². The topological polar surface area (TPSA) is 130 Å². The van der Waals surface area contributed by atoms with Crippen molar-refractivity contribution in [2.24, 2.45) is 5.92 Å². The molecular weight excluding hydrogens is 444 g/mol. The van der Waals surface area contributed by atoms with Gasteiger partial charge in [0.15, 0.2) is 6.29 Å². The van der Waals surface area contributed by atoms with Gasteiger partial charge in [0.2, 0.25) is 5.91 Å². The van der Waals surface area contributed by atoms with E-state index in [1.54, 1.807) is 25.1 Å².